The molecule has 0 radical (unpaired) electrons. The lowest BCUT2D eigenvalue weighted by molar-refractivity contribution is -0.0828. The summed E-state index contributed by atoms with van der Waals surface area (Å²) in [6.07, 6.45) is 3.46. The molecule has 0 unspecified atom stereocenters. The number of hydrogen-bond donors (Lipinski definition) is 2. The Kier molecular flexibility index (Phi) is 5.28. The molecule has 0 aromatic rings. The fourth-order valence-electron chi connectivity index (χ4n) is 1.63. The van der Waals surface area contributed by atoms with Crippen LogP contribution in [0.15, 0.2) is 17.6 Å². The van der Waals surface area contributed by atoms with Gasteiger partial charge in [-0.1, -0.05) is 6.08 Å². The maximum Gasteiger partial charge on any atom is 0.188 e. The highest BCUT2D eigenvalue weighted by Gasteiger charge is 2.32. The Hall–Kier alpha value is -1.07. The van der Waals surface area contributed by atoms with E-state index < -0.39 is 0 Å². The number of guanidine groups is 1. The van der Waals surface area contributed by atoms with Gasteiger partial charge in [0.2, 0.25) is 0 Å². The molecule has 0 aromatic carbocycles. The molecule has 92 valence electrons. The van der Waals surface area contributed by atoms with Crippen molar-refractivity contribution in [3.63, 3.8) is 0 Å². The van der Waals surface area contributed by atoms with E-state index in [2.05, 4.69) is 16.9 Å². The highest BCUT2D eigenvalue weighted by atomic mass is 16.5. The number of methoxy groups -OCH3 is 1. The number of ether oxygens (including phenoxy) is 2. The quantitative estimate of drug-likeness (QED) is 0.402. The maximum absolute atomic E-state index is 5.69. The van der Waals surface area contributed by atoms with Gasteiger partial charge < -0.3 is 20.5 Å². The molecule has 16 heavy (non-hydrogen) atoms. The normalized spacial score (nSPS) is 20.4. The molecular weight excluding hydrogens is 206 g/mol. The van der Waals surface area contributed by atoms with E-state index in [0.717, 1.165) is 26.1 Å². The molecule has 1 aliphatic heterocycles. The van der Waals surface area contributed by atoms with Gasteiger partial charge in [-0.2, -0.15) is 0 Å². The number of hydrogen-bond acceptors (Lipinski definition) is 3. The Morgan fingerprint density at radius 3 is 2.88 bits per heavy atom. The van der Waals surface area contributed by atoms with Gasteiger partial charge in [-0.3, -0.25) is 4.99 Å². The summed E-state index contributed by atoms with van der Waals surface area (Å²) in [6, 6.07) is 0. The van der Waals surface area contributed by atoms with Gasteiger partial charge in [0.15, 0.2) is 5.96 Å². The van der Waals surface area contributed by atoms with Crippen LogP contribution in [0.2, 0.25) is 0 Å². The molecular formula is C11H21N3O2. The van der Waals surface area contributed by atoms with Gasteiger partial charge in [-0.15, -0.1) is 6.58 Å². The second kappa shape index (κ2) is 6.50. The average molecular weight is 227 g/mol. The monoisotopic (exact) mass is 227 g/mol. The molecule has 0 spiro atoms. The number of aliphatic imine (C=N–C) groups is 1. The molecule has 5 nitrogen and oxygen atoms in total. The number of nitrogens with two attached hydrogens (primary N) is 1. The molecule has 1 saturated heterocycles. The third-order valence-electron chi connectivity index (χ3n) is 2.80. The Labute approximate surface area is 96.7 Å². The summed E-state index contributed by atoms with van der Waals surface area (Å²) >= 11 is 0. The molecule has 0 aliphatic carbocycles. The molecule has 1 rings (SSSR count). The summed E-state index contributed by atoms with van der Waals surface area (Å²) in [6.45, 7) is 6.24. The average Bonchev–Trinajstić information content (AvgIpc) is 2.35. The van der Waals surface area contributed by atoms with Crippen LogP contribution in [0.4, 0.5) is 0 Å². The first kappa shape index (κ1) is 13.0. The summed E-state index contributed by atoms with van der Waals surface area (Å²) < 4.78 is 10.9. The van der Waals surface area contributed by atoms with Crippen LogP contribution >= 0.6 is 0 Å². The zero-order valence-electron chi connectivity index (χ0n) is 9.87. The van der Waals surface area contributed by atoms with Crippen LogP contribution in [0, 0.1) is 0 Å². The van der Waals surface area contributed by atoms with Crippen LogP contribution in [-0.2, 0) is 9.47 Å². The van der Waals surface area contributed by atoms with Crippen molar-refractivity contribution in [1.82, 2.24) is 5.32 Å². The Morgan fingerprint density at radius 1 is 1.62 bits per heavy atom. The van der Waals surface area contributed by atoms with E-state index in [9.17, 15) is 0 Å². The second-order valence-corrected chi connectivity index (χ2v) is 3.87. The standard InChI is InChI=1S/C11H21N3O2/c1-3-6-13-10(12)14-9-11(15-2)4-7-16-8-5-11/h3H,1,4-9H2,2H3,(H3,12,13,14). The Bertz CT molecular complexity index is 248. The van der Waals surface area contributed by atoms with E-state index in [1.807, 2.05) is 0 Å². The van der Waals surface area contributed by atoms with E-state index in [1.54, 1.807) is 13.2 Å². The Balaban J connectivity index is 2.45. The first-order valence-corrected chi connectivity index (χ1v) is 5.50. The predicted octanol–water partition coefficient (Wildman–Crippen LogP) is 0.272. The van der Waals surface area contributed by atoms with Gasteiger partial charge in [0.1, 0.15) is 0 Å². The van der Waals surface area contributed by atoms with Crippen LogP contribution < -0.4 is 11.1 Å². The molecule has 1 fully saturated rings. The summed E-state index contributed by atoms with van der Waals surface area (Å²) in [4.78, 5) is 4.28. The summed E-state index contributed by atoms with van der Waals surface area (Å²) in [5.41, 5.74) is 5.49. The second-order valence-electron chi connectivity index (χ2n) is 3.87. The maximum atomic E-state index is 5.69. The van der Waals surface area contributed by atoms with Crippen molar-refractivity contribution in [2.75, 3.05) is 33.4 Å². The topological polar surface area (TPSA) is 68.9 Å². The van der Waals surface area contributed by atoms with Crippen LogP contribution in [0.3, 0.4) is 0 Å². The van der Waals surface area contributed by atoms with Crippen molar-refractivity contribution in [2.24, 2.45) is 10.7 Å². The molecule has 3 N–H and O–H groups in total. The predicted molar refractivity (Wildman–Crippen MR) is 64.5 cm³/mol. The van der Waals surface area contributed by atoms with E-state index in [-0.39, 0.29) is 5.60 Å². The van der Waals surface area contributed by atoms with Crippen LogP contribution in [0.5, 0.6) is 0 Å². The van der Waals surface area contributed by atoms with Crippen LogP contribution in [-0.4, -0.2) is 45.0 Å². The zero-order chi connectivity index (χ0) is 11.9. The summed E-state index contributed by atoms with van der Waals surface area (Å²) in [5, 5.41) is 2.94. The van der Waals surface area contributed by atoms with Crippen molar-refractivity contribution in [2.45, 2.75) is 18.4 Å². The molecule has 0 saturated carbocycles. The minimum atomic E-state index is -0.210. The highest BCUT2D eigenvalue weighted by molar-refractivity contribution is 5.77. The van der Waals surface area contributed by atoms with E-state index >= 15 is 0 Å². The molecule has 0 amide bonds. The van der Waals surface area contributed by atoms with Gasteiger partial charge in [0.05, 0.1) is 12.1 Å². The molecule has 1 aliphatic rings. The smallest absolute Gasteiger partial charge is 0.188 e. The number of nitrogens with zero attached hydrogens (tertiary/aromatic N) is 1. The summed E-state index contributed by atoms with van der Waals surface area (Å²) in [5.74, 6) is 0.433. The van der Waals surface area contributed by atoms with Gasteiger partial charge in [0, 0.05) is 39.7 Å². The van der Waals surface area contributed by atoms with Gasteiger partial charge >= 0.3 is 0 Å². The van der Waals surface area contributed by atoms with Gasteiger partial charge in [0.25, 0.3) is 0 Å². The fourth-order valence-corrected chi connectivity index (χ4v) is 1.63. The number of rotatable bonds is 5. The number of nitrogens with one attached hydrogen (secondary N) is 1. The molecule has 0 bridgehead atoms. The first-order chi connectivity index (χ1) is 7.72. The molecule has 5 heteroatoms. The lowest BCUT2D eigenvalue weighted by Gasteiger charge is -2.34. The van der Waals surface area contributed by atoms with Crippen molar-refractivity contribution < 1.29 is 9.47 Å². The minimum Gasteiger partial charge on any atom is -0.381 e. The van der Waals surface area contributed by atoms with Crippen molar-refractivity contribution >= 4 is 5.96 Å². The van der Waals surface area contributed by atoms with Crippen molar-refractivity contribution in [3.8, 4) is 0 Å². The molecule has 0 atom stereocenters. The molecule has 0 aromatic heterocycles. The lowest BCUT2D eigenvalue weighted by atomic mass is 9.94. The van der Waals surface area contributed by atoms with Crippen molar-refractivity contribution in [3.05, 3.63) is 12.7 Å². The first-order valence-electron chi connectivity index (χ1n) is 5.50. The van der Waals surface area contributed by atoms with E-state index in [0.29, 0.717) is 19.0 Å². The largest absolute Gasteiger partial charge is 0.381 e. The lowest BCUT2D eigenvalue weighted by Crippen LogP contribution is -2.42. The highest BCUT2D eigenvalue weighted by Crippen LogP contribution is 2.24. The SMILES string of the molecule is C=CCNC(N)=NCC1(OC)CCOCC1. The van der Waals surface area contributed by atoms with Crippen LogP contribution in [0.1, 0.15) is 12.8 Å². The fraction of sp³-hybridized carbons (Fsp3) is 0.727. The van der Waals surface area contributed by atoms with E-state index in [1.165, 1.54) is 0 Å². The third-order valence-corrected chi connectivity index (χ3v) is 2.80. The Morgan fingerprint density at radius 2 is 2.31 bits per heavy atom. The minimum absolute atomic E-state index is 0.210. The summed E-state index contributed by atoms with van der Waals surface area (Å²) in [7, 11) is 1.72. The van der Waals surface area contributed by atoms with Crippen LogP contribution in [0.25, 0.3) is 0 Å². The van der Waals surface area contributed by atoms with Crippen molar-refractivity contribution in [1.29, 1.82) is 0 Å². The van der Waals surface area contributed by atoms with Gasteiger partial charge in [-0.05, 0) is 0 Å². The van der Waals surface area contributed by atoms with E-state index in [4.69, 9.17) is 15.2 Å². The zero-order valence-corrected chi connectivity index (χ0v) is 9.87. The van der Waals surface area contributed by atoms with Gasteiger partial charge in [-0.25, -0.2) is 0 Å². The molecule has 1 heterocycles. The third kappa shape index (κ3) is 3.83.